The van der Waals surface area contributed by atoms with Crippen LogP contribution in [0.25, 0.3) is 5.57 Å². The topological polar surface area (TPSA) is 12.5 Å². The van der Waals surface area contributed by atoms with Crippen LogP contribution in [-0.4, -0.2) is 26.3 Å². The first-order valence-electron chi connectivity index (χ1n) is 11.6. The third-order valence-electron chi connectivity index (χ3n) is 6.79. The molecule has 0 bridgehead atoms. The van der Waals surface area contributed by atoms with E-state index in [1.807, 2.05) is 12.1 Å². The second-order valence-electron chi connectivity index (χ2n) is 10.6. The van der Waals surface area contributed by atoms with Crippen molar-refractivity contribution < 1.29 is 8.82 Å². The molecule has 0 saturated heterocycles. The molecule has 2 rings (SSSR count). The molecule has 1 unspecified atom stereocenters. The molecule has 0 aromatic heterocycles. The Morgan fingerprint density at radius 3 is 2.23 bits per heavy atom. The highest BCUT2D eigenvalue weighted by Crippen LogP contribution is 2.45. The number of unbranched alkanes of at least 4 members (excludes halogenated alkanes) is 1. The molecule has 4 heteroatoms. The van der Waals surface area contributed by atoms with E-state index in [1.54, 1.807) is 12.1 Å². The zero-order chi connectivity index (χ0) is 23.6. The fourth-order valence-electron chi connectivity index (χ4n) is 3.85. The molecule has 172 valence electrons. The highest BCUT2D eigenvalue weighted by molar-refractivity contribution is 6.74. The normalized spacial score (nSPS) is 18.6. The van der Waals surface area contributed by atoms with Crippen molar-refractivity contribution in [2.75, 3.05) is 7.05 Å². The predicted molar refractivity (Wildman–Crippen MR) is 135 cm³/mol. The van der Waals surface area contributed by atoms with Crippen LogP contribution in [0.5, 0.6) is 0 Å². The standard InChI is InChI=1S/C27H42FNOSi/c1-11-12-13-14-23-24(21-15-17-22(28)18-16-21)26(30-31(9,10)27(5,6)7)20(4)29(8)25(23)19(2)3/h13-19,25H,11-12H2,1-10H3. The Bertz CT molecular complexity index is 856. The van der Waals surface area contributed by atoms with Gasteiger partial charge in [-0.05, 0) is 60.7 Å². The van der Waals surface area contributed by atoms with Gasteiger partial charge in [0.25, 0.3) is 8.32 Å². The van der Waals surface area contributed by atoms with Crippen molar-refractivity contribution in [2.45, 2.75) is 85.5 Å². The molecule has 0 amide bonds. The fraction of sp³-hybridized carbons (Fsp3) is 0.556. The molecule has 31 heavy (non-hydrogen) atoms. The number of nitrogens with zero attached hydrogens (tertiary/aromatic N) is 1. The van der Waals surface area contributed by atoms with E-state index in [0.29, 0.717) is 5.92 Å². The number of benzene rings is 1. The first-order valence-corrected chi connectivity index (χ1v) is 14.5. The number of likely N-dealkylation sites (N-methyl/N-ethyl adjacent to an activating group) is 1. The maximum atomic E-state index is 13.8. The quantitative estimate of drug-likeness (QED) is 0.394. The van der Waals surface area contributed by atoms with Crippen LogP contribution < -0.4 is 0 Å². The monoisotopic (exact) mass is 443 g/mol. The van der Waals surface area contributed by atoms with Crippen LogP contribution in [0.15, 0.2) is 53.4 Å². The number of hydrogen-bond acceptors (Lipinski definition) is 2. The van der Waals surface area contributed by atoms with E-state index in [2.05, 4.69) is 85.7 Å². The second kappa shape index (κ2) is 9.77. The largest absolute Gasteiger partial charge is 0.542 e. The molecule has 0 saturated carbocycles. The molecule has 0 aliphatic carbocycles. The van der Waals surface area contributed by atoms with Crippen LogP contribution in [-0.2, 0) is 4.43 Å². The van der Waals surface area contributed by atoms with E-state index < -0.39 is 8.32 Å². The summed E-state index contributed by atoms with van der Waals surface area (Å²) in [4.78, 5) is 2.37. The third kappa shape index (κ3) is 5.52. The van der Waals surface area contributed by atoms with Gasteiger partial charge in [0.15, 0.2) is 0 Å². The summed E-state index contributed by atoms with van der Waals surface area (Å²) in [7, 11) is 0.0876. The smallest absolute Gasteiger partial charge is 0.250 e. The Morgan fingerprint density at radius 2 is 1.74 bits per heavy atom. The molecule has 1 aliphatic rings. The van der Waals surface area contributed by atoms with Crippen molar-refractivity contribution in [1.82, 2.24) is 4.90 Å². The number of allylic oxidation sites excluding steroid dienone is 3. The van der Waals surface area contributed by atoms with Gasteiger partial charge in [-0.25, -0.2) is 4.39 Å². The molecule has 0 N–H and O–H groups in total. The number of hydrogen-bond donors (Lipinski definition) is 0. The van der Waals surface area contributed by atoms with E-state index >= 15 is 0 Å². The van der Waals surface area contributed by atoms with Crippen LogP contribution in [0.3, 0.4) is 0 Å². The van der Waals surface area contributed by atoms with Crippen molar-refractivity contribution in [1.29, 1.82) is 0 Å². The maximum absolute atomic E-state index is 13.8. The summed E-state index contributed by atoms with van der Waals surface area (Å²) in [6.45, 7) is 20.3. The lowest BCUT2D eigenvalue weighted by Crippen LogP contribution is -2.44. The Morgan fingerprint density at radius 1 is 1.16 bits per heavy atom. The predicted octanol–water partition coefficient (Wildman–Crippen LogP) is 8.16. The van der Waals surface area contributed by atoms with Gasteiger partial charge in [-0.15, -0.1) is 0 Å². The van der Waals surface area contributed by atoms with Gasteiger partial charge < -0.3 is 9.33 Å². The zero-order valence-corrected chi connectivity index (χ0v) is 22.3. The van der Waals surface area contributed by atoms with Crippen LogP contribution in [0.2, 0.25) is 18.1 Å². The van der Waals surface area contributed by atoms with Crippen LogP contribution in [0.4, 0.5) is 4.39 Å². The minimum Gasteiger partial charge on any atom is -0.542 e. The average molecular weight is 444 g/mol. The van der Waals surface area contributed by atoms with Crippen molar-refractivity contribution in [2.24, 2.45) is 5.92 Å². The molecule has 1 aromatic carbocycles. The minimum absolute atomic E-state index is 0.0832. The molecule has 1 atom stereocenters. The summed E-state index contributed by atoms with van der Waals surface area (Å²) in [6, 6.07) is 7.13. The van der Waals surface area contributed by atoms with Gasteiger partial charge in [0.2, 0.25) is 0 Å². The van der Waals surface area contributed by atoms with Crippen molar-refractivity contribution in [3.8, 4) is 0 Å². The Labute approximate surface area is 191 Å². The summed E-state index contributed by atoms with van der Waals surface area (Å²) in [5, 5.41) is 0.0832. The summed E-state index contributed by atoms with van der Waals surface area (Å²) in [5.41, 5.74) is 4.54. The lowest BCUT2D eigenvalue weighted by Gasteiger charge is -2.45. The van der Waals surface area contributed by atoms with Crippen LogP contribution in [0.1, 0.15) is 66.9 Å². The zero-order valence-electron chi connectivity index (χ0n) is 21.3. The van der Waals surface area contributed by atoms with E-state index in [9.17, 15) is 4.39 Å². The highest BCUT2D eigenvalue weighted by atomic mass is 28.4. The molecule has 0 radical (unpaired) electrons. The van der Waals surface area contributed by atoms with Crippen molar-refractivity contribution in [3.05, 3.63) is 64.8 Å². The van der Waals surface area contributed by atoms with E-state index in [-0.39, 0.29) is 16.9 Å². The van der Waals surface area contributed by atoms with Crippen molar-refractivity contribution >= 4 is 13.9 Å². The summed E-state index contributed by atoms with van der Waals surface area (Å²) in [5.74, 6) is 1.16. The molecular formula is C27H42FNOSi. The summed E-state index contributed by atoms with van der Waals surface area (Å²) in [6.07, 6.45) is 6.70. The third-order valence-corrected chi connectivity index (χ3v) is 11.1. The van der Waals surface area contributed by atoms with Crippen LogP contribution in [0, 0.1) is 11.7 Å². The van der Waals surface area contributed by atoms with E-state index in [4.69, 9.17) is 4.43 Å². The maximum Gasteiger partial charge on any atom is 0.250 e. The molecule has 1 heterocycles. The lowest BCUT2D eigenvalue weighted by molar-refractivity contribution is 0.254. The highest BCUT2D eigenvalue weighted by Gasteiger charge is 2.42. The molecule has 2 nitrogen and oxygen atoms in total. The van der Waals surface area contributed by atoms with Gasteiger partial charge in [-0.1, -0.05) is 72.2 Å². The van der Waals surface area contributed by atoms with E-state index in [1.165, 1.54) is 5.57 Å². The summed E-state index contributed by atoms with van der Waals surface area (Å²) >= 11 is 0. The molecular weight excluding hydrogens is 401 g/mol. The first kappa shape index (κ1) is 25.4. The van der Waals surface area contributed by atoms with Gasteiger partial charge in [-0.2, -0.15) is 0 Å². The Kier molecular flexibility index (Phi) is 8.02. The molecule has 1 aromatic rings. The van der Waals surface area contributed by atoms with Crippen LogP contribution >= 0.6 is 0 Å². The number of rotatable bonds is 7. The Balaban J connectivity index is 2.81. The van der Waals surface area contributed by atoms with Gasteiger partial charge in [0.05, 0.1) is 11.7 Å². The van der Waals surface area contributed by atoms with Gasteiger partial charge in [-0.3, -0.25) is 0 Å². The van der Waals surface area contributed by atoms with Gasteiger partial charge in [0.1, 0.15) is 11.6 Å². The van der Waals surface area contributed by atoms with Gasteiger partial charge >= 0.3 is 0 Å². The fourth-order valence-corrected chi connectivity index (χ4v) is 4.92. The lowest BCUT2D eigenvalue weighted by atomic mass is 9.83. The average Bonchev–Trinajstić information content (AvgIpc) is 2.66. The van der Waals surface area contributed by atoms with E-state index in [0.717, 1.165) is 35.4 Å². The molecule has 0 fully saturated rings. The minimum atomic E-state index is -2.08. The summed E-state index contributed by atoms with van der Waals surface area (Å²) < 4.78 is 20.8. The Hall–Kier alpha value is -1.81. The first-order chi connectivity index (χ1) is 14.3. The SMILES string of the molecule is CCCC=CC1=C(c2ccc(F)cc2)C(O[Si](C)(C)C(C)(C)C)=C(C)N(C)C1C(C)C. The molecule has 1 aliphatic heterocycles. The molecule has 0 spiro atoms. The van der Waals surface area contributed by atoms with Gasteiger partial charge in [0, 0.05) is 12.6 Å². The second-order valence-corrected chi connectivity index (χ2v) is 15.3. The van der Waals surface area contributed by atoms with Crippen molar-refractivity contribution in [3.63, 3.8) is 0 Å². The number of halogens is 1.